The van der Waals surface area contributed by atoms with Crippen LogP contribution in [0.5, 0.6) is 0 Å². The third-order valence-electron chi connectivity index (χ3n) is 3.44. The summed E-state index contributed by atoms with van der Waals surface area (Å²) < 4.78 is 5.36. The molecule has 0 fully saturated rings. The van der Waals surface area contributed by atoms with Gasteiger partial charge in [-0.3, -0.25) is 4.90 Å². The van der Waals surface area contributed by atoms with Gasteiger partial charge in [0.05, 0.1) is 5.69 Å². The molecule has 114 valence electrons. The van der Waals surface area contributed by atoms with Crippen LogP contribution in [0.1, 0.15) is 37.5 Å². The average Bonchev–Trinajstić information content (AvgIpc) is 2.66. The summed E-state index contributed by atoms with van der Waals surface area (Å²) in [6.07, 6.45) is -0.297. The van der Waals surface area contributed by atoms with E-state index in [1.54, 1.807) is 20.8 Å². The predicted octanol–water partition coefficient (Wildman–Crippen LogP) is 3.05. The van der Waals surface area contributed by atoms with E-state index in [2.05, 4.69) is 0 Å². The summed E-state index contributed by atoms with van der Waals surface area (Å²) in [6.45, 7) is 9.15. The van der Waals surface area contributed by atoms with E-state index >= 15 is 0 Å². The van der Waals surface area contributed by atoms with Crippen molar-refractivity contribution in [3.63, 3.8) is 0 Å². The number of carboxylic acids is 1. The van der Waals surface area contributed by atoms with E-state index in [0.717, 1.165) is 16.7 Å². The Morgan fingerprint density at radius 1 is 1.29 bits per heavy atom. The normalized spacial score (nSPS) is 17.6. The van der Waals surface area contributed by atoms with Crippen molar-refractivity contribution < 1.29 is 19.4 Å². The van der Waals surface area contributed by atoms with Crippen LogP contribution in [-0.4, -0.2) is 28.8 Å². The van der Waals surface area contributed by atoms with Gasteiger partial charge in [-0.15, -0.1) is 0 Å². The maximum absolute atomic E-state index is 12.4. The third-order valence-corrected chi connectivity index (χ3v) is 3.44. The SMILES string of the molecule is Cc1cc(C)c2c(c1)N(C(=O)OC(C)(C)C)[C@@H](C(=O)O)C2. The summed E-state index contributed by atoms with van der Waals surface area (Å²) in [5.41, 5.74) is 2.88. The number of amides is 1. The van der Waals surface area contributed by atoms with Crippen LogP contribution in [-0.2, 0) is 16.0 Å². The van der Waals surface area contributed by atoms with Crippen LogP contribution in [0.4, 0.5) is 10.5 Å². The highest BCUT2D eigenvalue weighted by molar-refractivity contribution is 5.99. The summed E-state index contributed by atoms with van der Waals surface area (Å²) in [5.74, 6) is -1.02. The zero-order chi connectivity index (χ0) is 15.9. The standard InChI is InChI=1S/C16H21NO4/c1-9-6-10(2)11-8-13(14(18)19)17(12(11)7-9)15(20)21-16(3,4)5/h6-7,13H,8H2,1-5H3,(H,18,19)/t13-/m1/s1. The van der Waals surface area contributed by atoms with Crippen LogP contribution < -0.4 is 4.90 Å². The molecule has 21 heavy (non-hydrogen) atoms. The molecule has 1 N–H and O–H groups in total. The summed E-state index contributed by atoms with van der Waals surface area (Å²) >= 11 is 0. The number of nitrogens with zero attached hydrogens (tertiary/aromatic N) is 1. The minimum atomic E-state index is -1.02. The molecule has 0 spiro atoms. The van der Waals surface area contributed by atoms with Crippen LogP contribution in [0.15, 0.2) is 12.1 Å². The fraction of sp³-hybridized carbons (Fsp3) is 0.500. The number of rotatable bonds is 1. The van der Waals surface area contributed by atoms with E-state index < -0.39 is 23.7 Å². The molecule has 5 heteroatoms. The summed E-state index contributed by atoms with van der Waals surface area (Å²) in [6, 6.07) is 2.93. The van der Waals surface area contributed by atoms with Gasteiger partial charge in [0, 0.05) is 6.42 Å². The van der Waals surface area contributed by atoms with Crippen molar-refractivity contribution in [1.82, 2.24) is 0 Å². The van der Waals surface area contributed by atoms with Crippen LogP contribution in [0.3, 0.4) is 0 Å². The Balaban J connectivity index is 2.47. The van der Waals surface area contributed by atoms with E-state index in [-0.39, 0.29) is 0 Å². The number of benzene rings is 1. The van der Waals surface area contributed by atoms with Gasteiger partial charge in [-0.05, 0) is 57.4 Å². The van der Waals surface area contributed by atoms with Crippen molar-refractivity contribution in [2.45, 2.75) is 52.7 Å². The number of hydrogen-bond donors (Lipinski definition) is 1. The molecule has 5 nitrogen and oxygen atoms in total. The van der Waals surface area contributed by atoms with Gasteiger partial charge in [-0.2, -0.15) is 0 Å². The third kappa shape index (κ3) is 3.01. The largest absolute Gasteiger partial charge is 0.480 e. The first-order valence-corrected chi connectivity index (χ1v) is 6.95. The summed E-state index contributed by atoms with van der Waals surface area (Å²) in [7, 11) is 0. The molecule has 1 atom stereocenters. The average molecular weight is 291 g/mol. The maximum Gasteiger partial charge on any atom is 0.415 e. The first-order valence-electron chi connectivity index (χ1n) is 6.95. The Bertz CT molecular complexity index is 601. The second-order valence-electron chi connectivity index (χ2n) is 6.49. The van der Waals surface area contributed by atoms with E-state index in [1.807, 2.05) is 26.0 Å². The van der Waals surface area contributed by atoms with Gasteiger partial charge >= 0.3 is 12.1 Å². The monoisotopic (exact) mass is 291 g/mol. The van der Waals surface area contributed by atoms with Crippen molar-refractivity contribution in [1.29, 1.82) is 0 Å². The Kier molecular flexibility index (Phi) is 3.70. The molecule has 1 aliphatic heterocycles. The molecule has 1 aliphatic rings. The predicted molar refractivity (Wildman–Crippen MR) is 79.8 cm³/mol. The summed E-state index contributed by atoms with van der Waals surface area (Å²) in [5, 5.41) is 9.41. The lowest BCUT2D eigenvalue weighted by atomic mass is 10.0. The lowest BCUT2D eigenvalue weighted by Gasteiger charge is -2.27. The number of anilines is 1. The molecule has 1 aromatic rings. The number of aliphatic carboxylic acids is 1. The molecule has 0 bridgehead atoms. The van der Waals surface area contributed by atoms with E-state index in [0.29, 0.717) is 12.1 Å². The van der Waals surface area contributed by atoms with Crippen molar-refractivity contribution in [2.24, 2.45) is 0 Å². The molecule has 0 aliphatic carbocycles. The lowest BCUT2D eigenvalue weighted by molar-refractivity contribution is -0.138. The number of carbonyl (C=O) groups is 2. The fourth-order valence-electron chi connectivity index (χ4n) is 2.64. The van der Waals surface area contributed by atoms with Crippen molar-refractivity contribution >= 4 is 17.7 Å². The minimum absolute atomic E-state index is 0.315. The zero-order valence-electron chi connectivity index (χ0n) is 13.1. The Morgan fingerprint density at radius 3 is 2.43 bits per heavy atom. The molecule has 1 heterocycles. The van der Waals surface area contributed by atoms with Gasteiger partial charge in [0.25, 0.3) is 0 Å². The van der Waals surface area contributed by atoms with Crippen LogP contribution >= 0.6 is 0 Å². The molecular formula is C16H21NO4. The van der Waals surface area contributed by atoms with Crippen molar-refractivity contribution in [3.8, 4) is 0 Å². The van der Waals surface area contributed by atoms with Crippen LogP contribution in [0, 0.1) is 13.8 Å². The minimum Gasteiger partial charge on any atom is -0.480 e. The molecule has 1 aromatic carbocycles. The van der Waals surface area contributed by atoms with Crippen LogP contribution in [0.2, 0.25) is 0 Å². The van der Waals surface area contributed by atoms with Gasteiger partial charge < -0.3 is 9.84 Å². The van der Waals surface area contributed by atoms with Gasteiger partial charge in [0.15, 0.2) is 0 Å². The second-order valence-corrected chi connectivity index (χ2v) is 6.49. The highest BCUT2D eigenvalue weighted by Gasteiger charge is 2.41. The Morgan fingerprint density at radius 2 is 1.90 bits per heavy atom. The van der Waals surface area contributed by atoms with Crippen molar-refractivity contribution in [3.05, 3.63) is 28.8 Å². The van der Waals surface area contributed by atoms with Crippen LogP contribution in [0.25, 0.3) is 0 Å². The Hall–Kier alpha value is -2.04. The molecule has 0 saturated heterocycles. The number of hydrogen-bond acceptors (Lipinski definition) is 3. The first kappa shape index (κ1) is 15.4. The van der Waals surface area contributed by atoms with Gasteiger partial charge in [0.1, 0.15) is 11.6 Å². The number of ether oxygens (including phenoxy) is 1. The number of carbonyl (C=O) groups excluding carboxylic acids is 1. The number of fused-ring (bicyclic) bond motifs is 1. The van der Waals surface area contributed by atoms with E-state index in [4.69, 9.17) is 4.74 Å². The number of aryl methyl sites for hydroxylation is 2. The molecular weight excluding hydrogens is 270 g/mol. The van der Waals surface area contributed by atoms with E-state index in [1.165, 1.54) is 4.90 Å². The van der Waals surface area contributed by atoms with Gasteiger partial charge in [0.2, 0.25) is 0 Å². The maximum atomic E-state index is 12.4. The highest BCUT2D eigenvalue weighted by atomic mass is 16.6. The first-order chi connectivity index (χ1) is 9.60. The topological polar surface area (TPSA) is 66.8 Å². The highest BCUT2D eigenvalue weighted by Crippen LogP contribution is 2.36. The number of carboxylic acid groups (broad SMARTS) is 1. The van der Waals surface area contributed by atoms with Gasteiger partial charge in [-0.25, -0.2) is 9.59 Å². The van der Waals surface area contributed by atoms with Gasteiger partial charge in [-0.1, -0.05) is 6.07 Å². The molecule has 0 unspecified atom stereocenters. The molecule has 0 aromatic heterocycles. The Labute approximate surface area is 124 Å². The quantitative estimate of drug-likeness (QED) is 0.863. The molecule has 0 saturated carbocycles. The summed E-state index contributed by atoms with van der Waals surface area (Å²) in [4.78, 5) is 25.2. The van der Waals surface area contributed by atoms with Crippen molar-refractivity contribution in [2.75, 3.05) is 4.90 Å². The fourth-order valence-corrected chi connectivity index (χ4v) is 2.64. The lowest BCUT2D eigenvalue weighted by Crippen LogP contribution is -2.45. The molecule has 1 amide bonds. The zero-order valence-corrected chi connectivity index (χ0v) is 13.1. The second kappa shape index (κ2) is 5.06. The molecule has 2 rings (SSSR count). The molecule has 0 radical (unpaired) electrons. The smallest absolute Gasteiger partial charge is 0.415 e. The van der Waals surface area contributed by atoms with E-state index in [9.17, 15) is 14.7 Å².